The van der Waals surface area contributed by atoms with Crippen molar-refractivity contribution in [1.82, 2.24) is 14.1 Å². The van der Waals surface area contributed by atoms with E-state index in [4.69, 9.17) is 0 Å². The predicted molar refractivity (Wildman–Crippen MR) is 105 cm³/mol. The summed E-state index contributed by atoms with van der Waals surface area (Å²) in [4.78, 5) is 26.4. The molecule has 28 heavy (non-hydrogen) atoms. The smallest absolute Gasteiger partial charge is 0.289 e. The van der Waals surface area contributed by atoms with Gasteiger partial charge < -0.3 is 4.90 Å². The van der Waals surface area contributed by atoms with Crippen LogP contribution >= 0.6 is 0 Å². The van der Waals surface area contributed by atoms with E-state index in [0.717, 1.165) is 19.4 Å². The number of amides is 1. The second-order valence-electron chi connectivity index (χ2n) is 6.73. The molecular formula is C18H28N4O5S. The quantitative estimate of drug-likeness (QED) is 0.450. The first-order valence-electron chi connectivity index (χ1n) is 9.55. The zero-order valence-corrected chi connectivity index (χ0v) is 17.2. The van der Waals surface area contributed by atoms with Gasteiger partial charge in [0, 0.05) is 45.3 Å². The van der Waals surface area contributed by atoms with Gasteiger partial charge in [-0.05, 0) is 19.4 Å². The molecule has 1 aliphatic heterocycles. The van der Waals surface area contributed by atoms with E-state index in [1.165, 1.54) is 28.6 Å². The zero-order chi connectivity index (χ0) is 20.7. The van der Waals surface area contributed by atoms with Crippen LogP contribution in [0.5, 0.6) is 0 Å². The molecule has 0 atom stereocenters. The van der Waals surface area contributed by atoms with Gasteiger partial charge in [0.25, 0.3) is 5.69 Å². The van der Waals surface area contributed by atoms with Gasteiger partial charge in [0.1, 0.15) is 0 Å². The fraction of sp³-hybridized carbons (Fsp3) is 0.611. The minimum atomic E-state index is -3.95. The van der Waals surface area contributed by atoms with Gasteiger partial charge in [0.2, 0.25) is 15.9 Å². The van der Waals surface area contributed by atoms with Crippen LogP contribution in [0.25, 0.3) is 0 Å². The number of para-hydroxylation sites is 1. The van der Waals surface area contributed by atoms with Crippen LogP contribution in [-0.2, 0) is 14.8 Å². The van der Waals surface area contributed by atoms with Crippen LogP contribution < -0.4 is 0 Å². The van der Waals surface area contributed by atoms with Crippen LogP contribution in [-0.4, -0.2) is 79.2 Å². The molecule has 1 heterocycles. The molecule has 1 aromatic rings. The van der Waals surface area contributed by atoms with Crippen molar-refractivity contribution in [2.75, 3.05) is 45.8 Å². The maximum absolute atomic E-state index is 12.8. The number of hydrogen-bond acceptors (Lipinski definition) is 6. The van der Waals surface area contributed by atoms with Crippen LogP contribution in [0.1, 0.15) is 26.7 Å². The van der Waals surface area contributed by atoms with E-state index in [1.807, 2.05) is 16.7 Å². The Morgan fingerprint density at radius 2 is 1.82 bits per heavy atom. The lowest BCUT2D eigenvalue weighted by molar-refractivity contribution is -0.387. The number of carbonyl (C=O) groups excluding carboxylic acids is 1. The number of nitro groups is 1. The van der Waals surface area contributed by atoms with Gasteiger partial charge in [-0.15, -0.1) is 0 Å². The highest BCUT2D eigenvalue weighted by atomic mass is 32.2. The van der Waals surface area contributed by atoms with Gasteiger partial charge in [-0.25, -0.2) is 8.42 Å². The van der Waals surface area contributed by atoms with Gasteiger partial charge in [-0.1, -0.05) is 25.5 Å². The maximum atomic E-state index is 12.8. The molecule has 0 saturated carbocycles. The summed E-state index contributed by atoms with van der Waals surface area (Å²) in [5.74, 6) is 0.0472. The highest BCUT2D eigenvalue weighted by Gasteiger charge is 2.33. The minimum absolute atomic E-state index is 0.0472. The summed E-state index contributed by atoms with van der Waals surface area (Å²) in [6, 6.07) is 5.37. The molecular weight excluding hydrogens is 384 g/mol. The molecule has 1 aromatic carbocycles. The van der Waals surface area contributed by atoms with Crippen LogP contribution in [0, 0.1) is 10.1 Å². The number of nitro benzene ring substituents is 1. The zero-order valence-electron chi connectivity index (χ0n) is 16.4. The molecule has 0 aromatic heterocycles. The van der Waals surface area contributed by atoms with Crippen molar-refractivity contribution < 1.29 is 18.1 Å². The number of hydrogen-bond donors (Lipinski definition) is 0. The summed E-state index contributed by atoms with van der Waals surface area (Å²) < 4.78 is 26.9. The van der Waals surface area contributed by atoms with Gasteiger partial charge in [0.05, 0.1) is 11.5 Å². The average Bonchev–Trinajstić information content (AvgIpc) is 2.69. The van der Waals surface area contributed by atoms with Crippen molar-refractivity contribution in [2.24, 2.45) is 0 Å². The van der Waals surface area contributed by atoms with Crippen molar-refractivity contribution in [3.63, 3.8) is 0 Å². The first kappa shape index (κ1) is 22.3. The largest absolute Gasteiger partial charge is 0.342 e. The van der Waals surface area contributed by atoms with E-state index in [9.17, 15) is 23.3 Å². The standard InChI is InChI=1S/C18H28N4O5S/c1-3-5-10-20(4-2)18(23)15-19-11-13-21(14-12-19)28(26,27)17-9-7-6-8-16(17)22(24)25/h6-9H,3-5,10-15H2,1-2H3. The number of unbranched alkanes of at least 4 members (excludes halogenated alkanes) is 1. The van der Waals surface area contributed by atoms with E-state index in [1.54, 1.807) is 0 Å². The summed E-state index contributed by atoms with van der Waals surface area (Å²) in [7, 11) is -3.95. The Morgan fingerprint density at radius 1 is 1.18 bits per heavy atom. The highest BCUT2D eigenvalue weighted by Crippen LogP contribution is 2.26. The van der Waals surface area contributed by atoms with Gasteiger partial charge >= 0.3 is 0 Å². The number of benzene rings is 1. The van der Waals surface area contributed by atoms with Crippen molar-refractivity contribution in [2.45, 2.75) is 31.6 Å². The second kappa shape index (κ2) is 9.94. The third-order valence-corrected chi connectivity index (χ3v) is 6.83. The highest BCUT2D eigenvalue weighted by molar-refractivity contribution is 7.89. The molecule has 9 nitrogen and oxygen atoms in total. The van der Waals surface area contributed by atoms with E-state index in [2.05, 4.69) is 6.92 Å². The molecule has 0 N–H and O–H groups in total. The number of likely N-dealkylation sites (N-methyl/N-ethyl adjacent to an activating group) is 1. The summed E-state index contributed by atoms with van der Waals surface area (Å²) in [6.45, 7) is 6.90. The van der Waals surface area contributed by atoms with E-state index in [0.29, 0.717) is 19.6 Å². The lowest BCUT2D eigenvalue weighted by Gasteiger charge is -2.34. The van der Waals surface area contributed by atoms with Crippen LogP contribution in [0.3, 0.4) is 0 Å². The molecule has 1 amide bonds. The Hall–Kier alpha value is -2.04. The molecule has 0 aliphatic carbocycles. The third kappa shape index (κ3) is 5.27. The second-order valence-corrected chi connectivity index (χ2v) is 8.64. The van der Waals surface area contributed by atoms with Gasteiger partial charge in [0.15, 0.2) is 4.90 Å². The Balaban J connectivity index is 2.00. The van der Waals surface area contributed by atoms with Crippen molar-refractivity contribution >= 4 is 21.6 Å². The number of sulfonamides is 1. The molecule has 2 rings (SSSR count). The summed E-state index contributed by atoms with van der Waals surface area (Å²) in [5, 5.41) is 11.2. The molecule has 1 fully saturated rings. The average molecular weight is 413 g/mol. The van der Waals surface area contributed by atoms with Crippen molar-refractivity contribution in [1.29, 1.82) is 0 Å². The molecule has 0 bridgehead atoms. The van der Waals surface area contributed by atoms with Gasteiger partial charge in [-0.2, -0.15) is 4.31 Å². The SMILES string of the molecule is CCCCN(CC)C(=O)CN1CCN(S(=O)(=O)c2ccccc2[N+](=O)[O-])CC1. The third-order valence-electron chi connectivity index (χ3n) is 4.89. The molecule has 10 heteroatoms. The van der Waals surface area contributed by atoms with Crippen molar-refractivity contribution in [3.05, 3.63) is 34.4 Å². The molecule has 0 unspecified atom stereocenters. The van der Waals surface area contributed by atoms with Crippen molar-refractivity contribution in [3.8, 4) is 0 Å². The van der Waals surface area contributed by atoms with E-state index in [-0.39, 0.29) is 30.4 Å². The number of nitrogens with zero attached hydrogens (tertiary/aromatic N) is 4. The fourth-order valence-corrected chi connectivity index (χ4v) is 4.77. The lowest BCUT2D eigenvalue weighted by atomic mass is 10.3. The van der Waals surface area contributed by atoms with Crippen LogP contribution in [0.2, 0.25) is 0 Å². The maximum Gasteiger partial charge on any atom is 0.289 e. The van der Waals surface area contributed by atoms with Crippen LogP contribution in [0.15, 0.2) is 29.2 Å². The Labute approximate surface area is 166 Å². The topological polar surface area (TPSA) is 104 Å². The number of rotatable bonds is 9. The first-order valence-corrected chi connectivity index (χ1v) is 11.0. The van der Waals surface area contributed by atoms with E-state index >= 15 is 0 Å². The Morgan fingerprint density at radius 3 is 2.39 bits per heavy atom. The number of carbonyl (C=O) groups is 1. The molecule has 1 aliphatic rings. The summed E-state index contributed by atoms with van der Waals surface area (Å²) in [6.07, 6.45) is 1.98. The lowest BCUT2D eigenvalue weighted by Crippen LogP contribution is -2.51. The van der Waals surface area contributed by atoms with Crippen LogP contribution in [0.4, 0.5) is 5.69 Å². The van der Waals surface area contributed by atoms with Gasteiger partial charge in [-0.3, -0.25) is 19.8 Å². The molecule has 156 valence electrons. The minimum Gasteiger partial charge on any atom is -0.342 e. The first-order chi connectivity index (χ1) is 13.3. The Kier molecular flexibility index (Phi) is 7.90. The molecule has 0 spiro atoms. The fourth-order valence-electron chi connectivity index (χ4n) is 3.19. The monoisotopic (exact) mass is 412 g/mol. The number of piperazine rings is 1. The summed E-state index contributed by atoms with van der Waals surface area (Å²) >= 11 is 0. The molecule has 0 radical (unpaired) electrons. The Bertz CT molecular complexity index is 791. The van der Waals surface area contributed by atoms with E-state index < -0.39 is 20.6 Å². The predicted octanol–water partition coefficient (Wildman–Crippen LogP) is 1.55. The molecule has 1 saturated heterocycles. The summed E-state index contributed by atoms with van der Waals surface area (Å²) in [5.41, 5.74) is -0.422. The normalized spacial score (nSPS) is 16.1.